The number of piperidine rings is 2. The predicted octanol–water partition coefficient (Wildman–Crippen LogP) is 4.21. The molecule has 3 aliphatic rings. The number of aromatic nitrogens is 2. The van der Waals surface area contributed by atoms with Crippen LogP contribution in [0.1, 0.15) is 50.0 Å². The van der Waals surface area contributed by atoms with Gasteiger partial charge in [0, 0.05) is 41.8 Å². The zero-order valence-electron chi connectivity index (χ0n) is 18.6. The van der Waals surface area contributed by atoms with Gasteiger partial charge < -0.3 is 19.5 Å². The van der Waals surface area contributed by atoms with Crippen molar-refractivity contribution in [2.45, 2.75) is 62.7 Å². The van der Waals surface area contributed by atoms with Crippen molar-refractivity contribution in [2.24, 2.45) is 7.05 Å². The molecule has 1 aliphatic carbocycles. The first-order chi connectivity index (χ1) is 15.3. The normalized spacial score (nSPS) is 26.5. The number of fused-ring (bicyclic) bond motifs is 3. The summed E-state index contributed by atoms with van der Waals surface area (Å²) < 4.78 is 8.66. The molecule has 2 aliphatic heterocycles. The summed E-state index contributed by atoms with van der Waals surface area (Å²) in [5.41, 5.74) is 4.11. The van der Waals surface area contributed by atoms with Gasteiger partial charge >= 0.3 is 0 Å². The van der Waals surface area contributed by atoms with E-state index in [1.165, 1.54) is 79.0 Å². The molecule has 31 heavy (non-hydrogen) atoms. The number of nitrogens with one attached hydrogen (secondary N) is 1. The third kappa shape index (κ3) is 3.67. The quantitative estimate of drug-likeness (QED) is 0.689. The number of nitrogens with zero attached hydrogens (tertiary/aromatic N) is 3. The third-order valence-corrected chi connectivity index (χ3v) is 8.09. The number of hydrogen-bond acceptors (Lipinski definition) is 4. The molecular weight excluding hydrogens is 384 g/mol. The highest BCUT2D eigenvalue weighted by molar-refractivity contribution is 6.07. The molecule has 0 bridgehead atoms. The van der Waals surface area contributed by atoms with E-state index < -0.39 is 0 Å². The highest BCUT2D eigenvalue weighted by Crippen LogP contribution is 2.37. The Bertz CT molecular complexity index is 1060. The maximum atomic E-state index is 6.34. The molecule has 164 valence electrons. The summed E-state index contributed by atoms with van der Waals surface area (Å²) in [6.07, 6.45) is 12.3. The molecule has 1 aromatic carbocycles. The van der Waals surface area contributed by atoms with Crippen molar-refractivity contribution in [1.29, 1.82) is 0 Å². The van der Waals surface area contributed by atoms with Crippen molar-refractivity contribution in [2.75, 3.05) is 26.2 Å². The minimum atomic E-state index is 0.498. The summed E-state index contributed by atoms with van der Waals surface area (Å²) in [6.45, 7) is 4.70. The molecule has 0 atom stereocenters. The molecule has 3 aromatic rings. The van der Waals surface area contributed by atoms with Gasteiger partial charge in [0.05, 0.1) is 17.7 Å². The van der Waals surface area contributed by atoms with Crippen LogP contribution >= 0.6 is 0 Å². The monoisotopic (exact) mass is 418 g/mol. The second-order valence-corrected chi connectivity index (χ2v) is 9.87. The van der Waals surface area contributed by atoms with Crippen molar-refractivity contribution in [3.8, 4) is 0 Å². The average molecular weight is 419 g/mol. The highest BCUT2D eigenvalue weighted by Gasteiger charge is 2.37. The summed E-state index contributed by atoms with van der Waals surface area (Å²) in [5, 5.41) is 6.01. The van der Waals surface area contributed by atoms with Gasteiger partial charge in [0.25, 0.3) is 0 Å². The van der Waals surface area contributed by atoms with Crippen LogP contribution in [0.4, 0.5) is 0 Å². The van der Waals surface area contributed by atoms with Gasteiger partial charge in [-0.3, -0.25) is 4.98 Å². The summed E-state index contributed by atoms with van der Waals surface area (Å²) in [5.74, 6) is 0.679. The van der Waals surface area contributed by atoms with E-state index in [1.54, 1.807) is 0 Å². The number of benzene rings is 1. The van der Waals surface area contributed by atoms with Crippen molar-refractivity contribution < 1.29 is 4.74 Å². The van der Waals surface area contributed by atoms with Crippen LogP contribution in [0.2, 0.25) is 0 Å². The Morgan fingerprint density at radius 3 is 2.55 bits per heavy atom. The predicted molar refractivity (Wildman–Crippen MR) is 126 cm³/mol. The van der Waals surface area contributed by atoms with E-state index in [0.717, 1.165) is 19.1 Å². The zero-order chi connectivity index (χ0) is 20.8. The van der Waals surface area contributed by atoms with Gasteiger partial charge in [0.2, 0.25) is 0 Å². The van der Waals surface area contributed by atoms with Crippen LogP contribution in [0.5, 0.6) is 0 Å². The van der Waals surface area contributed by atoms with Gasteiger partial charge in [-0.25, -0.2) is 0 Å². The van der Waals surface area contributed by atoms with Crippen LogP contribution in [-0.4, -0.2) is 58.9 Å². The topological polar surface area (TPSA) is 42.3 Å². The lowest BCUT2D eigenvalue weighted by Gasteiger charge is -2.46. The first-order valence-electron chi connectivity index (χ1n) is 12.2. The fourth-order valence-corrected chi connectivity index (χ4v) is 6.07. The van der Waals surface area contributed by atoms with E-state index in [4.69, 9.17) is 4.74 Å². The Morgan fingerprint density at radius 1 is 0.935 bits per heavy atom. The van der Waals surface area contributed by atoms with Crippen LogP contribution in [0, 0.1) is 0 Å². The van der Waals surface area contributed by atoms with E-state index in [9.17, 15) is 0 Å². The zero-order valence-corrected chi connectivity index (χ0v) is 18.6. The van der Waals surface area contributed by atoms with Crippen molar-refractivity contribution in [3.63, 3.8) is 0 Å². The molecule has 1 N–H and O–H groups in total. The number of ether oxygens (including phenoxy) is 1. The van der Waals surface area contributed by atoms with E-state index in [1.807, 2.05) is 12.4 Å². The standard InChI is InChI=1S/C26H34N4O/c1-29-25-6-11-28-17-24(25)23-3-2-19(14-26(23)29)18-7-12-30(13-8-18)20-15-22(16-20)31-21-4-9-27-10-5-21/h2-3,6,11,14,17-18,20-22,27H,4-5,7-10,12-13,15-16H2,1H3/t20-,22+. The summed E-state index contributed by atoms with van der Waals surface area (Å²) >= 11 is 0. The Morgan fingerprint density at radius 2 is 1.74 bits per heavy atom. The molecule has 5 heteroatoms. The van der Waals surface area contributed by atoms with Crippen LogP contribution in [0.3, 0.4) is 0 Å². The van der Waals surface area contributed by atoms with E-state index in [-0.39, 0.29) is 0 Å². The molecule has 6 rings (SSSR count). The number of pyridine rings is 1. The van der Waals surface area contributed by atoms with Gasteiger partial charge in [-0.15, -0.1) is 0 Å². The Kier molecular flexibility index (Phi) is 5.21. The fraction of sp³-hybridized carbons (Fsp3) is 0.577. The van der Waals surface area contributed by atoms with Gasteiger partial charge in [0.1, 0.15) is 0 Å². The second-order valence-electron chi connectivity index (χ2n) is 9.87. The van der Waals surface area contributed by atoms with Crippen LogP contribution in [0.25, 0.3) is 21.8 Å². The Balaban J connectivity index is 1.07. The van der Waals surface area contributed by atoms with Crippen LogP contribution in [-0.2, 0) is 11.8 Å². The molecule has 0 amide bonds. The van der Waals surface area contributed by atoms with Gasteiger partial charge in [0.15, 0.2) is 0 Å². The number of hydrogen-bond donors (Lipinski definition) is 1. The highest BCUT2D eigenvalue weighted by atomic mass is 16.5. The maximum Gasteiger partial charge on any atom is 0.0608 e. The minimum Gasteiger partial charge on any atom is -0.375 e. The van der Waals surface area contributed by atoms with E-state index >= 15 is 0 Å². The molecule has 2 saturated heterocycles. The molecule has 3 fully saturated rings. The lowest BCUT2D eigenvalue weighted by Crippen LogP contribution is -2.51. The lowest BCUT2D eigenvalue weighted by atomic mass is 9.83. The second kappa shape index (κ2) is 8.19. The van der Waals surface area contributed by atoms with Gasteiger partial charge in [-0.2, -0.15) is 0 Å². The molecule has 0 unspecified atom stereocenters. The van der Waals surface area contributed by atoms with Crippen molar-refractivity contribution in [3.05, 3.63) is 42.2 Å². The molecule has 1 saturated carbocycles. The SMILES string of the molecule is Cn1c2ccncc2c2ccc(C3CCN([C@H]4C[C@@H](OC5CCNCC5)C4)CC3)cc21. The summed E-state index contributed by atoms with van der Waals surface area (Å²) in [4.78, 5) is 7.07. The molecule has 0 radical (unpaired) electrons. The number of likely N-dealkylation sites (tertiary alicyclic amines) is 1. The first kappa shape index (κ1) is 19.7. The summed E-state index contributed by atoms with van der Waals surface area (Å²) in [6, 6.07) is 9.98. The largest absolute Gasteiger partial charge is 0.375 e. The molecule has 4 heterocycles. The number of rotatable bonds is 4. The molecule has 0 spiro atoms. The lowest BCUT2D eigenvalue weighted by molar-refractivity contribution is -0.0981. The van der Waals surface area contributed by atoms with E-state index in [2.05, 4.69) is 51.1 Å². The first-order valence-corrected chi connectivity index (χ1v) is 12.2. The van der Waals surface area contributed by atoms with E-state index in [0.29, 0.717) is 18.1 Å². The number of aryl methyl sites for hydroxylation is 1. The maximum absolute atomic E-state index is 6.34. The van der Waals surface area contributed by atoms with Crippen LogP contribution < -0.4 is 5.32 Å². The third-order valence-electron chi connectivity index (χ3n) is 8.09. The van der Waals surface area contributed by atoms with Gasteiger partial charge in [-0.1, -0.05) is 12.1 Å². The molecule has 5 nitrogen and oxygen atoms in total. The van der Waals surface area contributed by atoms with Crippen molar-refractivity contribution >= 4 is 21.8 Å². The van der Waals surface area contributed by atoms with Gasteiger partial charge in [-0.05, 0) is 88.3 Å². The van der Waals surface area contributed by atoms with Crippen molar-refractivity contribution in [1.82, 2.24) is 19.8 Å². The van der Waals surface area contributed by atoms with Crippen LogP contribution in [0.15, 0.2) is 36.7 Å². The molecule has 2 aromatic heterocycles. The summed E-state index contributed by atoms with van der Waals surface area (Å²) in [7, 11) is 2.18. The average Bonchev–Trinajstić information content (AvgIpc) is 3.09. The Hall–Kier alpha value is -1.95. The smallest absolute Gasteiger partial charge is 0.0608 e. The molecular formula is C26H34N4O. The fourth-order valence-electron chi connectivity index (χ4n) is 6.07. The Labute approximate surface area is 184 Å². The minimum absolute atomic E-state index is 0.498.